The molecule has 5 nitrogen and oxygen atoms in total. The molecule has 0 atom stereocenters. The van der Waals surface area contributed by atoms with E-state index >= 15 is 0 Å². The first-order chi connectivity index (χ1) is 14.5. The molecule has 1 N–H and O–H groups in total. The van der Waals surface area contributed by atoms with E-state index in [-0.39, 0.29) is 30.3 Å². The molecule has 1 aliphatic carbocycles. The number of benzene rings is 2. The van der Waals surface area contributed by atoms with Crippen LogP contribution in [0.2, 0.25) is 0 Å². The van der Waals surface area contributed by atoms with Gasteiger partial charge < -0.3 is 14.8 Å². The summed E-state index contributed by atoms with van der Waals surface area (Å²) in [6.07, 6.45) is -0.119. The van der Waals surface area contributed by atoms with E-state index in [1.807, 2.05) is 24.3 Å². The molecule has 0 radical (unpaired) electrons. The standard InChI is InChI=1S/C26H32N2O3.H2/c1-16(2)17-8-10-18(11-9-17)22(29)28-23-25(3,4)24(26(23,5)6)31-20-13-12-19(15-27)21(14-20)30-7;/h8-14,16,23-24H,1-7H3,(H,28,29);1H. The van der Waals surface area contributed by atoms with Gasteiger partial charge in [-0.25, -0.2) is 0 Å². The predicted molar refractivity (Wildman–Crippen MR) is 124 cm³/mol. The monoisotopic (exact) mass is 422 g/mol. The Kier molecular flexibility index (Phi) is 6.04. The Morgan fingerprint density at radius 1 is 1.10 bits per heavy atom. The highest BCUT2D eigenvalue weighted by atomic mass is 16.5. The van der Waals surface area contributed by atoms with Gasteiger partial charge in [0, 0.05) is 29.9 Å². The molecule has 1 saturated carbocycles. The summed E-state index contributed by atoms with van der Waals surface area (Å²) in [6.45, 7) is 12.7. The van der Waals surface area contributed by atoms with Gasteiger partial charge in [-0.3, -0.25) is 4.79 Å². The normalized spacial score (nSPS) is 21.0. The molecule has 0 aromatic heterocycles. The minimum absolute atomic E-state index is 0. The van der Waals surface area contributed by atoms with Gasteiger partial charge >= 0.3 is 0 Å². The number of methoxy groups -OCH3 is 1. The molecular formula is C26H34N2O3. The number of nitrogens with one attached hydrogen (secondary N) is 1. The molecule has 1 amide bonds. The van der Waals surface area contributed by atoms with Crippen LogP contribution in [-0.2, 0) is 0 Å². The minimum atomic E-state index is -0.280. The molecule has 3 rings (SSSR count). The third kappa shape index (κ3) is 4.12. The second-order valence-electron chi connectivity index (χ2n) is 9.80. The lowest BCUT2D eigenvalue weighted by Crippen LogP contribution is -2.74. The number of carbonyl (C=O) groups excluding carboxylic acids is 1. The third-order valence-corrected chi connectivity index (χ3v) is 6.50. The molecule has 0 unspecified atom stereocenters. The largest absolute Gasteiger partial charge is 0.495 e. The highest BCUT2D eigenvalue weighted by Crippen LogP contribution is 2.55. The van der Waals surface area contributed by atoms with Crippen LogP contribution in [-0.4, -0.2) is 25.2 Å². The van der Waals surface area contributed by atoms with E-state index in [0.717, 1.165) is 0 Å². The Hall–Kier alpha value is -3.00. The lowest BCUT2D eigenvalue weighted by molar-refractivity contribution is -0.164. The summed E-state index contributed by atoms with van der Waals surface area (Å²) in [7, 11) is 1.54. The van der Waals surface area contributed by atoms with Crippen molar-refractivity contribution in [3.8, 4) is 17.6 Å². The fraction of sp³-hybridized carbons (Fsp3) is 0.462. The molecule has 5 heteroatoms. The Labute approximate surface area is 186 Å². The summed E-state index contributed by atoms with van der Waals surface area (Å²) in [5, 5.41) is 12.4. The topological polar surface area (TPSA) is 71.3 Å². The van der Waals surface area contributed by atoms with Crippen LogP contribution < -0.4 is 14.8 Å². The van der Waals surface area contributed by atoms with Crippen molar-refractivity contribution >= 4 is 5.91 Å². The van der Waals surface area contributed by atoms with Gasteiger partial charge in [0.25, 0.3) is 5.91 Å². The maximum Gasteiger partial charge on any atom is 0.251 e. The van der Waals surface area contributed by atoms with Crippen LogP contribution in [0.3, 0.4) is 0 Å². The zero-order valence-corrected chi connectivity index (χ0v) is 19.4. The van der Waals surface area contributed by atoms with E-state index in [1.54, 1.807) is 18.2 Å². The smallest absolute Gasteiger partial charge is 0.251 e. The first kappa shape index (κ1) is 22.7. The average Bonchev–Trinajstić information content (AvgIpc) is 2.74. The van der Waals surface area contributed by atoms with Crippen LogP contribution in [0.25, 0.3) is 0 Å². The zero-order chi connectivity index (χ0) is 23.0. The van der Waals surface area contributed by atoms with Crippen molar-refractivity contribution in [3.63, 3.8) is 0 Å². The van der Waals surface area contributed by atoms with E-state index in [2.05, 4.69) is 52.9 Å². The molecule has 166 valence electrons. The Morgan fingerprint density at radius 3 is 2.23 bits per heavy atom. The predicted octanol–water partition coefficient (Wildman–Crippen LogP) is 5.55. The van der Waals surface area contributed by atoms with Gasteiger partial charge in [0.1, 0.15) is 23.7 Å². The fourth-order valence-corrected chi connectivity index (χ4v) is 5.01. The van der Waals surface area contributed by atoms with E-state index in [1.165, 1.54) is 12.7 Å². The molecular weight excluding hydrogens is 388 g/mol. The van der Waals surface area contributed by atoms with Crippen molar-refractivity contribution in [2.75, 3.05) is 7.11 Å². The number of hydrogen-bond donors (Lipinski definition) is 1. The van der Waals surface area contributed by atoms with Gasteiger partial charge in [-0.15, -0.1) is 0 Å². The van der Waals surface area contributed by atoms with Gasteiger partial charge in [0.15, 0.2) is 0 Å². The van der Waals surface area contributed by atoms with Crippen molar-refractivity contribution in [2.45, 2.75) is 59.6 Å². The molecule has 1 fully saturated rings. The summed E-state index contributed by atoms with van der Waals surface area (Å²) in [5.41, 5.74) is 1.79. The number of amides is 1. The molecule has 0 bridgehead atoms. The third-order valence-electron chi connectivity index (χ3n) is 6.50. The van der Waals surface area contributed by atoms with E-state index in [9.17, 15) is 10.1 Å². The molecule has 2 aromatic rings. The molecule has 0 heterocycles. The molecule has 2 aromatic carbocycles. The van der Waals surface area contributed by atoms with Crippen LogP contribution in [0, 0.1) is 22.2 Å². The van der Waals surface area contributed by atoms with Crippen LogP contribution in [0.5, 0.6) is 11.5 Å². The quantitative estimate of drug-likeness (QED) is 0.663. The molecule has 31 heavy (non-hydrogen) atoms. The molecule has 1 aliphatic rings. The zero-order valence-electron chi connectivity index (χ0n) is 19.4. The molecule has 0 aliphatic heterocycles. The lowest BCUT2D eigenvalue weighted by atomic mass is 9.49. The maximum absolute atomic E-state index is 12.9. The van der Waals surface area contributed by atoms with Gasteiger partial charge in [0.2, 0.25) is 0 Å². The van der Waals surface area contributed by atoms with Crippen molar-refractivity contribution in [3.05, 3.63) is 59.2 Å². The van der Waals surface area contributed by atoms with Gasteiger partial charge in [-0.2, -0.15) is 5.26 Å². The second kappa shape index (κ2) is 8.26. The maximum atomic E-state index is 12.9. The number of nitriles is 1. The SMILES string of the molecule is COc1cc(OC2C(C)(C)C(NC(=O)c3ccc(C(C)C)cc3)C2(C)C)ccc1C#N.[HH]. The molecule has 0 saturated heterocycles. The van der Waals surface area contributed by atoms with E-state index in [0.29, 0.717) is 28.5 Å². The summed E-state index contributed by atoms with van der Waals surface area (Å²) < 4.78 is 11.6. The first-order valence-corrected chi connectivity index (χ1v) is 10.7. The number of rotatable bonds is 6. The van der Waals surface area contributed by atoms with Crippen LogP contribution in [0.15, 0.2) is 42.5 Å². The Morgan fingerprint density at radius 2 is 1.71 bits per heavy atom. The van der Waals surface area contributed by atoms with Gasteiger partial charge in [0.05, 0.1) is 12.7 Å². The Bertz CT molecular complexity index is 991. The van der Waals surface area contributed by atoms with E-state index in [4.69, 9.17) is 9.47 Å². The highest BCUT2D eigenvalue weighted by molar-refractivity contribution is 5.94. The summed E-state index contributed by atoms with van der Waals surface area (Å²) in [5.74, 6) is 1.50. The second-order valence-corrected chi connectivity index (χ2v) is 9.80. The first-order valence-electron chi connectivity index (χ1n) is 10.7. The van der Waals surface area contributed by atoms with Crippen LogP contribution >= 0.6 is 0 Å². The van der Waals surface area contributed by atoms with Gasteiger partial charge in [-0.05, 0) is 35.7 Å². The van der Waals surface area contributed by atoms with Gasteiger partial charge in [-0.1, -0.05) is 53.7 Å². The number of carbonyl (C=O) groups is 1. The highest BCUT2D eigenvalue weighted by Gasteiger charge is 2.64. The van der Waals surface area contributed by atoms with Crippen molar-refractivity contribution < 1.29 is 15.7 Å². The van der Waals surface area contributed by atoms with Crippen molar-refractivity contribution in [1.29, 1.82) is 5.26 Å². The lowest BCUT2D eigenvalue weighted by Gasteiger charge is -2.63. The number of ether oxygens (including phenoxy) is 2. The number of nitrogens with zero attached hydrogens (tertiary/aromatic N) is 1. The Balaban J connectivity index is 0.00000363. The summed E-state index contributed by atoms with van der Waals surface area (Å²) >= 11 is 0. The average molecular weight is 423 g/mol. The van der Waals surface area contributed by atoms with E-state index < -0.39 is 0 Å². The summed E-state index contributed by atoms with van der Waals surface area (Å²) in [6, 6.07) is 15.1. The van der Waals surface area contributed by atoms with Crippen LogP contribution in [0.4, 0.5) is 0 Å². The molecule has 0 spiro atoms. The fourth-order valence-electron chi connectivity index (χ4n) is 5.01. The van der Waals surface area contributed by atoms with Crippen molar-refractivity contribution in [2.24, 2.45) is 10.8 Å². The van der Waals surface area contributed by atoms with Crippen molar-refractivity contribution in [1.82, 2.24) is 5.32 Å². The van der Waals surface area contributed by atoms with Crippen LogP contribution in [0.1, 0.15) is 70.4 Å². The number of hydrogen-bond acceptors (Lipinski definition) is 4. The minimum Gasteiger partial charge on any atom is -0.495 e. The summed E-state index contributed by atoms with van der Waals surface area (Å²) in [4.78, 5) is 12.9.